The van der Waals surface area contributed by atoms with Crippen LogP contribution in [0.3, 0.4) is 0 Å². The Hall–Kier alpha value is -0.810. The van der Waals surface area contributed by atoms with Crippen molar-refractivity contribution >= 4 is 29.1 Å². The van der Waals surface area contributed by atoms with Gasteiger partial charge in [0.1, 0.15) is 0 Å². The molecule has 0 bridgehead atoms. The van der Waals surface area contributed by atoms with E-state index in [1.165, 1.54) is 0 Å². The average molecular weight is 331 g/mol. The molecule has 1 aromatic rings. The van der Waals surface area contributed by atoms with Gasteiger partial charge in [0.15, 0.2) is 0 Å². The quantitative estimate of drug-likeness (QED) is 0.816. The van der Waals surface area contributed by atoms with Gasteiger partial charge in [-0.1, -0.05) is 23.2 Å². The Morgan fingerprint density at radius 3 is 2.67 bits per heavy atom. The number of likely N-dealkylation sites (tertiary alicyclic amines) is 1. The van der Waals surface area contributed by atoms with Gasteiger partial charge in [0.2, 0.25) is 0 Å². The van der Waals surface area contributed by atoms with Gasteiger partial charge in [0, 0.05) is 25.2 Å². The van der Waals surface area contributed by atoms with Crippen LogP contribution >= 0.6 is 23.2 Å². The van der Waals surface area contributed by atoms with Gasteiger partial charge < -0.3 is 15.3 Å². The zero-order chi connectivity index (χ0) is 15.2. The van der Waals surface area contributed by atoms with Crippen molar-refractivity contribution in [1.82, 2.24) is 10.2 Å². The van der Waals surface area contributed by atoms with E-state index in [4.69, 9.17) is 23.2 Å². The number of halogens is 2. The molecule has 116 valence electrons. The highest BCUT2D eigenvalue weighted by Gasteiger charge is 2.16. The Bertz CT molecular complexity index is 489. The number of carbonyl (C=O) groups excluding carboxylic acids is 1. The molecule has 1 amide bonds. The Morgan fingerprint density at radius 1 is 1.29 bits per heavy atom. The van der Waals surface area contributed by atoms with Crippen molar-refractivity contribution in [1.29, 1.82) is 0 Å². The number of amides is 1. The normalized spacial score (nSPS) is 16.9. The van der Waals surface area contributed by atoms with Crippen LogP contribution in [0.2, 0.25) is 10.0 Å². The molecule has 21 heavy (non-hydrogen) atoms. The van der Waals surface area contributed by atoms with Crippen molar-refractivity contribution in [3.63, 3.8) is 0 Å². The number of carbonyl (C=O) groups is 1. The van der Waals surface area contributed by atoms with Crippen LogP contribution < -0.4 is 5.32 Å². The second kappa shape index (κ2) is 7.99. The predicted molar refractivity (Wildman–Crippen MR) is 85.1 cm³/mol. The first kappa shape index (κ1) is 16.6. The molecule has 0 atom stereocenters. The fourth-order valence-corrected chi connectivity index (χ4v) is 2.69. The molecule has 1 heterocycles. The smallest absolute Gasteiger partial charge is 0.251 e. The molecule has 1 aromatic carbocycles. The maximum absolute atomic E-state index is 11.9. The summed E-state index contributed by atoms with van der Waals surface area (Å²) in [5.41, 5.74) is 0.519. The maximum atomic E-state index is 11.9. The second-order valence-electron chi connectivity index (χ2n) is 5.31. The summed E-state index contributed by atoms with van der Waals surface area (Å²) in [7, 11) is 0. The highest BCUT2D eigenvalue weighted by Crippen LogP contribution is 2.22. The lowest BCUT2D eigenvalue weighted by atomic mass is 10.1. The SMILES string of the molecule is O=C(NCCCN1CCC(O)CC1)c1ccc(Cl)c(Cl)c1. The third-order valence-electron chi connectivity index (χ3n) is 3.68. The van der Waals surface area contributed by atoms with Crippen LogP contribution in [0.1, 0.15) is 29.6 Å². The number of benzene rings is 1. The van der Waals surface area contributed by atoms with Gasteiger partial charge in [-0.25, -0.2) is 0 Å². The van der Waals surface area contributed by atoms with Crippen molar-refractivity contribution in [2.24, 2.45) is 0 Å². The van der Waals surface area contributed by atoms with E-state index >= 15 is 0 Å². The molecular weight excluding hydrogens is 311 g/mol. The van der Waals surface area contributed by atoms with Crippen LogP contribution in [0.5, 0.6) is 0 Å². The Kier molecular flexibility index (Phi) is 6.30. The number of nitrogens with zero attached hydrogens (tertiary/aromatic N) is 1. The summed E-state index contributed by atoms with van der Waals surface area (Å²) >= 11 is 11.7. The molecule has 1 aliphatic rings. The minimum absolute atomic E-state index is 0.136. The molecule has 0 aliphatic carbocycles. The molecule has 6 heteroatoms. The number of rotatable bonds is 5. The van der Waals surface area contributed by atoms with Gasteiger partial charge in [-0.05, 0) is 44.0 Å². The monoisotopic (exact) mass is 330 g/mol. The van der Waals surface area contributed by atoms with Crippen molar-refractivity contribution < 1.29 is 9.90 Å². The number of hydrogen-bond acceptors (Lipinski definition) is 3. The third-order valence-corrected chi connectivity index (χ3v) is 4.41. The molecular formula is C15H20Cl2N2O2. The molecule has 1 saturated heterocycles. The van der Waals surface area contributed by atoms with Crippen molar-refractivity contribution in [3.05, 3.63) is 33.8 Å². The van der Waals surface area contributed by atoms with E-state index in [-0.39, 0.29) is 12.0 Å². The van der Waals surface area contributed by atoms with Crippen molar-refractivity contribution in [2.75, 3.05) is 26.2 Å². The lowest BCUT2D eigenvalue weighted by molar-refractivity contribution is 0.0816. The number of piperidine rings is 1. The summed E-state index contributed by atoms with van der Waals surface area (Å²) < 4.78 is 0. The summed E-state index contributed by atoms with van der Waals surface area (Å²) in [6, 6.07) is 4.86. The Labute approximate surface area is 135 Å². The highest BCUT2D eigenvalue weighted by atomic mass is 35.5. The number of nitrogens with one attached hydrogen (secondary N) is 1. The Morgan fingerprint density at radius 2 is 2.00 bits per heavy atom. The molecule has 2 N–H and O–H groups in total. The largest absolute Gasteiger partial charge is 0.393 e. The number of hydrogen-bond donors (Lipinski definition) is 2. The average Bonchev–Trinajstić information content (AvgIpc) is 2.48. The standard InChI is InChI=1S/C15H20Cl2N2O2/c16-13-3-2-11(10-14(13)17)15(21)18-6-1-7-19-8-4-12(20)5-9-19/h2-3,10,12,20H,1,4-9H2,(H,18,21). The zero-order valence-corrected chi connectivity index (χ0v) is 13.3. The fraction of sp³-hybridized carbons (Fsp3) is 0.533. The van der Waals surface area contributed by atoms with Crippen LogP contribution in [-0.2, 0) is 0 Å². The van der Waals surface area contributed by atoms with Gasteiger partial charge in [0.25, 0.3) is 5.91 Å². The third kappa shape index (κ3) is 5.15. The van der Waals surface area contributed by atoms with E-state index in [0.29, 0.717) is 22.2 Å². The van der Waals surface area contributed by atoms with Crippen LogP contribution in [0.25, 0.3) is 0 Å². The highest BCUT2D eigenvalue weighted by molar-refractivity contribution is 6.42. The van der Waals surface area contributed by atoms with E-state index in [1.807, 2.05) is 0 Å². The van der Waals surface area contributed by atoms with Gasteiger partial charge >= 0.3 is 0 Å². The van der Waals surface area contributed by atoms with E-state index in [9.17, 15) is 9.90 Å². The van der Waals surface area contributed by atoms with Crippen LogP contribution in [0.4, 0.5) is 0 Å². The first-order valence-corrected chi connectivity index (χ1v) is 7.95. The number of aliphatic hydroxyl groups excluding tert-OH is 1. The molecule has 2 rings (SSSR count). The maximum Gasteiger partial charge on any atom is 0.251 e. The molecule has 0 saturated carbocycles. The molecule has 0 spiro atoms. The Balaban J connectivity index is 1.68. The van der Waals surface area contributed by atoms with Crippen LogP contribution in [0.15, 0.2) is 18.2 Å². The topological polar surface area (TPSA) is 52.6 Å². The van der Waals surface area contributed by atoms with Crippen LogP contribution in [-0.4, -0.2) is 48.2 Å². The van der Waals surface area contributed by atoms with E-state index in [2.05, 4.69) is 10.2 Å². The predicted octanol–water partition coefficient (Wildman–Crippen LogP) is 2.57. The van der Waals surface area contributed by atoms with Crippen molar-refractivity contribution in [3.8, 4) is 0 Å². The second-order valence-corrected chi connectivity index (χ2v) is 6.13. The van der Waals surface area contributed by atoms with Gasteiger partial charge in [-0.3, -0.25) is 4.79 Å². The van der Waals surface area contributed by atoms with E-state index in [0.717, 1.165) is 38.9 Å². The molecule has 4 nitrogen and oxygen atoms in total. The lowest BCUT2D eigenvalue weighted by Crippen LogP contribution is -2.37. The first-order valence-electron chi connectivity index (χ1n) is 7.20. The molecule has 0 radical (unpaired) electrons. The fourth-order valence-electron chi connectivity index (χ4n) is 2.39. The summed E-state index contributed by atoms with van der Waals surface area (Å²) in [6.45, 7) is 3.43. The van der Waals surface area contributed by atoms with E-state index in [1.54, 1.807) is 18.2 Å². The summed E-state index contributed by atoms with van der Waals surface area (Å²) in [6.07, 6.45) is 2.43. The zero-order valence-electron chi connectivity index (χ0n) is 11.8. The van der Waals surface area contributed by atoms with Crippen molar-refractivity contribution in [2.45, 2.75) is 25.4 Å². The van der Waals surface area contributed by atoms with Gasteiger partial charge in [-0.2, -0.15) is 0 Å². The summed E-state index contributed by atoms with van der Waals surface area (Å²) in [5.74, 6) is -0.136. The minimum Gasteiger partial charge on any atom is -0.393 e. The van der Waals surface area contributed by atoms with Gasteiger partial charge in [0.05, 0.1) is 16.1 Å². The van der Waals surface area contributed by atoms with E-state index < -0.39 is 0 Å². The van der Waals surface area contributed by atoms with Crippen LogP contribution in [0, 0.1) is 0 Å². The molecule has 0 unspecified atom stereocenters. The molecule has 1 aliphatic heterocycles. The summed E-state index contributed by atoms with van der Waals surface area (Å²) in [5, 5.41) is 13.1. The molecule has 0 aromatic heterocycles. The summed E-state index contributed by atoms with van der Waals surface area (Å²) in [4.78, 5) is 14.3. The lowest BCUT2D eigenvalue weighted by Gasteiger charge is -2.29. The first-order chi connectivity index (χ1) is 10.1. The molecule has 1 fully saturated rings. The minimum atomic E-state index is -0.143. The van der Waals surface area contributed by atoms with Gasteiger partial charge in [-0.15, -0.1) is 0 Å². The number of aliphatic hydroxyl groups is 1.